The van der Waals surface area contributed by atoms with E-state index in [0.29, 0.717) is 17.3 Å². The van der Waals surface area contributed by atoms with E-state index in [4.69, 9.17) is 0 Å². The predicted octanol–water partition coefficient (Wildman–Crippen LogP) is 4.19. The molecule has 1 aromatic rings. The molecule has 0 aliphatic heterocycles. The zero-order valence-corrected chi connectivity index (χ0v) is 10.9. The average Bonchev–Trinajstić information content (AvgIpc) is 2.32. The van der Waals surface area contributed by atoms with Gasteiger partial charge in [0.05, 0.1) is 0 Å². The Kier molecular flexibility index (Phi) is 3.66. The van der Waals surface area contributed by atoms with E-state index < -0.39 is 0 Å². The molecule has 1 aromatic carbocycles. The zero-order valence-electron chi connectivity index (χ0n) is 10.9. The van der Waals surface area contributed by atoms with Crippen molar-refractivity contribution in [3.8, 4) is 0 Å². The summed E-state index contributed by atoms with van der Waals surface area (Å²) in [6, 6.07) is 10.7. The van der Waals surface area contributed by atoms with E-state index in [9.17, 15) is 4.79 Å². The fourth-order valence-electron chi connectivity index (χ4n) is 3.14. The molecular weight excluding hydrogens is 208 g/mol. The first-order valence-electron chi connectivity index (χ1n) is 6.61. The fourth-order valence-corrected chi connectivity index (χ4v) is 3.14. The van der Waals surface area contributed by atoms with Crippen LogP contribution in [0, 0.1) is 11.3 Å². The maximum atomic E-state index is 10.8. The summed E-state index contributed by atoms with van der Waals surface area (Å²) in [5.41, 5.74) is 1.83. The molecule has 0 heterocycles. The minimum absolute atomic E-state index is 0.417. The number of aldehydes is 1. The molecule has 1 saturated carbocycles. The van der Waals surface area contributed by atoms with Crippen molar-refractivity contribution in [2.24, 2.45) is 11.3 Å². The van der Waals surface area contributed by atoms with Crippen LogP contribution < -0.4 is 0 Å². The predicted molar refractivity (Wildman–Crippen MR) is 71.0 cm³/mol. The SMILES string of the molecule is CC1(C)CC[C@H](CC=O)[C@@H](c2ccccc2)C1. The molecule has 0 aromatic heterocycles. The van der Waals surface area contributed by atoms with Crippen LogP contribution in [-0.2, 0) is 4.79 Å². The minimum atomic E-state index is 0.417. The highest BCUT2D eigenvalue weighted by molar-refractivity contribution is 5.50. The standard InChI is InChI=1S/C16H22O/c1-16(2)10-8-14(9-11-17)15(12-16)13-6-4-3-5-7-13/h3-7,11,14-15H,8-10,12H2,1-2H3/t14-,15-/m1/s1. The largest absolute Gasteiger partial charge is 0.303 e. The maximum absolute atomic E-state index is 10.8. The van der Waals surface area contributed by atoms with Gasteiger partial charge in [-0.05, 0) is 42.1 Å². The van der Waals surface area contributed by atoms with Crippen molar-refractivity contribution >= 4 is 6.29 Å². The van der Waals surface area contributed by atoms with Crippen LogP contribution in [0.5, 0.6) is 0 Å². The molecule has 17 heavy (non-hydrogen) atoms. The third-order valence-corrected chi connectivity index (χ3v) is 4.16. The number of carbonyl (C=O) groups excluding carboxylic acids is 1. The smallest absolute Gasteiger partial charge is 0.120 e. The van der Waals surface area contributed by atoms with Crippen molar-refractivity contribution in [2.45, 2.75) is 45.4 Å². The number of benzene rings is 1. The summed E-state index contributed by atoms with van der Waals surface area (Å²) in [6.07, 6.45) is 5.45. The molecule has 2 atom stereocenters. The summed E-state index contributed by atoms with van der Waals surface area (Å²) in [5.74, 6) is 1.10. The molecule has 0 radical (unpaired) electrons. The lowest BCUT2D eigenvalue weighted by Crippen LogP contribution is -2.28. The normalized spacial score (nSPS) is 27.6. The van der Waals surface area contributed by atoms with E-state index in [2.05, 4.69) is 44.2 Å². The van der Waals surface area contributed by atoms with Gasteiger partial charge in [-0.3, -0.25) is 0 Å². The lowest BCUT2D eigenvalue weighted by molar-refractivity contribution is -0.109. The molecule has 2 rings (SSSR count). The lowest BCUT2D eigenvalue weighted by atomic mass is 9.64. The van der Waals surface area contributed by atoms with Crippen molar-refractivity contribution in [1.29, 1.82) is 0 Å². The van der Waals surface area contributed by atoms with Gasteiger partial charge in [0.1, 0.15) is 6.29 Å². The monoisotopic (exact) mass is 230 g/mol. The van der Waals surface area contributed by atoms with Crippen molar-refractivity contribution in [3.05, 3.63) is 35.9 Å². The molecule has 1 nitrogen and oxygen atoms in total. The molecule has 0 amide bonds. The van der Waals surface area contributed by atoms with E-state index >= 15 is 0 Å². The molecule has 0 N–H and O–H groups in total. The molecule has 0 saturated heterocycles. The van der Waals surface area contributed by atoms with Gasteiger partial charge in [0, 0.05) is 6.42 Å². The summed E-state index contributed by atoms with van der Waals surface area (Å²) in [7, 11) is 0. The topological polar surface area (TPSA) is 17.1 Å². The molecule has 1 fully saturated rings. The van der Waals surface area contributed by atoms with Crippen molar-refractivity contribution in [3.63, 3.8) is 0 Å². The Balaban J connectivity index is 2.22. The van der Waals surface area contributed by atoms with Crippen LogP contribution in [0.25, 0.3) is 0 Å². The lowest BCUT2D eigenvalue weighted by Gasteiger charge is -2.40. The third kappa shape index (κ3) is 2.96. The number of hydrogen-bond acceptors (Lipinski definition) is 1. The van der Waals surface area contributed by atoms with Crippen molar-refractivity contribution < 1.29 is 4.79 Å². The number of carbonyl (C=O) groups is 1. The maximum Gasteiger partial charge on any atom is 0.120 e. The highest BCUT2D eigenvalue weighted by Gasteiger charge is 2.35. The summed E-state index contributed by atoms with van der Waals surface area (Å²) in [5, 5.41) is 0. The van der Waals surface area contributed by atoms with Gasteiger partial charge in [0.15, 0.2) is 0 Å². The van der Waals surface area contributed by atoms with Gasteiger partial charge < -0.3 is 4.79 Å². The summed E-state index contributed by atoms with van der Waals surface area (Å²) < 4.78 is 0. The molecule has 1 aliphatic carbocycles. The third-order valence-electron chi connectivity index (χ3n) is 4.16. The van der Waals surface area contributed by atoms with Crippen LogP contribution in [0.4, 0.5) is 0 Å². The molecule has 1 heteroatoms. The van der Waals surface area contributed by atoms with Gasteiger partial charge in [0.2, 0.25) is 0 Å². The average molecular weight is 230 g/mol. The quantitative estimate of drug-likeness (QED) is 0.712. The highest BCUT2D eigenvalue weighted by atomic mass is 16.1. The first kappa shape index (κ1) is 12.3. The van der Waals surface area contributed by atoms with Gasteiger partial charge >= 0.3 is 0 Å². The van der Waals surface area contributed by atoms with Crippen molar-refractivity contribution in [1.82, 2.24) is 0 Å². The molecule has 0 bridgehead atoms. The van der Waals surface area contributed by atoms with Gasteiger partial charge in [-0.2, -0.15) is 0 Å². The Morgan fingerprint density at radius 1 is 1.29 bits per heavy atom. The van der Waals surface area contributed by atoms with E-state index in [1.54, 1.807) is 0 Å². The van der Waals surface area contributed by atoms with Crippen LogP contribution in [0.1, 0.15) is 51.0 Å². The Morgan fingerprint density at radius 3 is 2.65 bits per heavy atom. The number of hydrogen-bond donors (Lipinski definition) is 0. The van der Waals surface area contributed by atoms with Crippen LogP contribution in [-0.4, -0.2) is 6.29 Å². The van der Waals surface area contributed by atoms with Crippen LogP contribution in [0.3, 0.4) is 0 Å². The van der Waals surface area contributed by atoms with E-state index in [0.717, 1.165) is 12.7 Å². The summed E-state index contributed by atoms with van der Waals surface area (Å²) in [6.45, 7) is 4.69. The number of rotatable bonds is 3. The summed E-state index contributed by atoms with van der Waals surface area (Å²) >= 11 is 0. The fraction of sp³-hybridized carbons (Fsp3) is 0.562. The van der Waals surface area contributed by atoms with Gasteiger partial charge in [0.25, 0.3) is 0 Å². The Bertz CT molecular complexity index is 366. The molecular formula is C16H22O. The zero-order chi connectivity index (χ0) is 12.3. The molecule has 0 unspecified atom stereocenters. The van der Waals surface area contributed by atoms with Gasteiger partial charge in [-0.25, -0.2) is 0 Å². The summed E-state index contributed by atoms with van der Waals surface area (Å²) in [4.78, 5) is 10.8. The Morgan fingerprint density at radius 2 is 2.00 bits per heavy atom. The van der Waals surface area contributed by atoms with E-state index in [1.807, 2.05) is 0 Å². The minimum Gasteiger partial charge on any atom is -0.303 e. The molecule has 92 valence electrons. The van der Waals surface area contributed by atoms with Gasteiger partial charge in [-0.15, -0.1) is 0 Å². The Hall–Kier alpha value is -1.11. The highest BCUT2D eigenvalue weighted by Crippen LogP contribution is 2.47. The van der Waals surface area contributed by atoms with Crippen LogP contribution in [0.15, 0.2) is 30.3 Å². The second kappa shape index (κ2) is 5.03. The second-order valence-electron chi connectivity index (χ2n) is 6.09. The van der Waals surface area contributed by atoms with Crippen molar-refractivity contribution in [2.75, 3.05) is 0 Å². The van der Waals surface area contributed by atoms with E-state index in [1.165, 1.54) is 24.8 Å². The Labute approximate surface area is 104 Å². The molecule has 0 spiro atoms. The van der Waals surface area contributed by atoms with Crippen LogP contribution in [0.2, 0.25) is 0 Å². The van der Waals surface area contributed by atoms with Crippen LogP contribution >= 0.6 is 0 Å². The first-order chi connectivity index (χ1) is 8.12. The second-order valence-corrected chi connectivity index (χ2v) is 6.09. The first-order valence-corrected chi connectivity index (χ1v) is 6.61. The van der Waals surface area contributed by atoms with Gasteiger partial charge in [-0.1, -0.05) is 44.2 Å². The van der Waals surface area contributed by atoms with E-state index in [-0.39, 0.29) is 0 Å². The molecule has 1 aliphatic rings.